The predicted octanol–water partition coefficient (Wildman–Crippen LogP) is 4.50. The second-order valence-electron chi connectivity index (χ2n) is 6.14. The molecule has 25 heavy (non-hydrogen) atoms. The molecule has 0 fully saturated rings. The van der Waals surface area contributed by atoms with E-state index in [1.807, 2.05) is 64.1 Å². The highest BCUT2D eigenvalue weighted by atomic mass is 16.5. The van der Waals surface area contributed by atoms with Crippen LogP contribution in [0.3, 0.4) is 0 Å². The van der Waals surface area contributed by atoms with Gasteiger partial charge in [0.15, 0.2) is 0 Å². The first-order chi connectivity index (χ1) is 12.0. The summed E-state index contributed by atoms with van der Waals surface area (Å²) in [6, 6.07) is 13.5. The summed E-state index contributed by atoms with van der Waals surface area (Å²) < 4.78 is 11.6. The van der Waals surface area contributed by atoms with Crippen molar-refractivity contribution in [3.8, 4) is 11.5 Å². The molecule has 4 heteroatoms. The molecule has 2 aromatic rings. The van der Waals surface area contributed by atoms with E-state index in [2.05, 4.69) is 5.32 Å². The third-order valence-corrected chi connectivity index (χ3v) is 4.00. The molecule has 0 bridgehead atoms. The molecule has 2 rings (SSSR count). The van der Waals surface area contributed by atoms with Gasteiger partial charge in [0.2, 0.25) is 0 Å². The van der Waals surface area contributed by atoms with Crippen molar-refractivity contribution in [3.63, 3.8) is 0 Å². The summed E-state index contributed by atoms with van der Waals surface area (Å²) in [5.74, 6) is 1.47. The molecule has 0 aliphatic heterocycles. The molecule has 0 radical (unpaired) electrons. The van der Waals surface area contributed by atoms with Gasteiger partial charge in [0, 0.05) is 17.2 Å². The Morgan fingerprint density at radius 3 is 2.60 bits per heavy atom. The quantitative estimate of drug-likeness (QED) is 0.769. The maximum atomic E-state index is 12.4. The Morgan fingerprint density at radius 1 is 1.12 bits per heavy atom. The minimum Gasteiger partial charge on any atom is -0.493 e. The monoisotopic (exact) mass is 341 g/mol. The Morgan fingerprint density at radius 2 is 1.92 bits per heavy atom. The third kappa shape index (κ3) is 5.52. The molecule has 1 atom stereocenters. The van der Waals surface area contributed by atoms with E-state index in [0.29, 0.717) is 18.8 Å². The number of hydrogen-bond acceptors (Lipinski definition) is 3. The van der Waals surface area contributed by atoms with E-state index >= 15 is 0 Å². The van der Waals surface area contributed by atoms with Gasteiger partial charge in [-0.05, 0) is 63.1 Å². The number of carbonyl (C=O) groups is 1. The van der Waals surface area contributed by atoms with Crippen LogP contribution in [0, 0.1) is 6.92 Å². The number of nitrogens with one attached hydrogen (secondary N) is 1. The number of benzene rings is 2. The van der Waals surface area contributed by atoms with Crippen LogP contribution in [-0.2, 0) is 6.61 Å². The lowest BCUT2D eigenvalue weighted by Gasteiger charge is -2.15. The van der Waals surface area contributed by atoms with E-state index in [1.54, 1.807) is 6.07 Å². The van der Waals surface area contributed by atoms with Crippen LogP contribution in [0.15, 0.2) is 42.5 Å². The van der Waals surface area contributed by atoms with Crippen molar-refractivity contribution in [3.05, 3.63) is 59.2 Å². The first-order valence-electron chi connectivity index (χ1n) is 8.79. The van der Waals surface area contributed by atoms with E-state index in [0.717, 1.165) is 29.0 Å². The summed E-state index contributed by atoms with van der Waals surface area (Å²) in [7, 11) is 0. The number of aryl methyl sites for hydroxylation is 1. The first-order valence-corrected chi connectivity index (χ1v) is 8.79. The van der Waals surface area contributed by atoms with Crippen LogP contribution >= 0.6 is 0 Å². The van der Waals surface area contributed by atoms with Gasteiger partial charge in [-0.3, -0.25) is 4.79 Å². The van der Waals surface area contributed by atoms with Crippen LogP contribution in [-0.4, -0.2) is 18.6 Å². The summed E-state index contributed by atoms with van der Waals surface area (Å²) >= 11 is 0. The molecule has 134 valence electrons. The molecule has 4 nitrogen and oxygen atoms in total. The molecular weight excluding hydrogens is 314 g/mol. The van der Waals surface area contributed by atoms with Crippen molar-refractivity contribution in [2.75, 3.05) is 6.61 Å². The second-order valence-corrected chi connectivity index (χ2v) is 6.14. The Balaban J connectivity index is 2.18. The highest BCUT2D eigenvalue weighted by Gasteiger charge is 2.13. The highest BCUT2D eigenvalue weighted by Crippen LogP contribution is 2.23. The molecular formula is C21H27NO3. The molecule has 1 amide bonds. The van der Waals surface area contributed by atoms with Crippen molar-refractivity contribution >= 4 is 5.91 Å². The molecule has 0 saturated carbocycles. The summed E-state index contributed by atoms with van der Waals surface area (Å²) in [6.45, 7) is 8.92. The second kappa shape index (κ2) is 9.11. The largest absolute Gasteiger partial charge is 0.493 e. The third-order valence-electron chi connectivity index (χ3n) is 4.00. The minimum atomic E-state index is -0.0748. The predicted molar refractivity (Wildman–Crippen MR) is 100 cm³/mol. The highest BCUT2D eigenvalue weighted by molar-refractivity contribution is 5.94. The molecule has 0 saturated heterocycles. The van der Waals surface area contributed by atoms with Crippen molar-refractivity contribution < 1.29 is 14.3 Å². The Bertz CT molecular complexity index is 712. The topological polar surface area (TPSA) is 47.6 Å². The van der Waals surface area contributed by atoms with Crippen molar-refractivity contribution in [2.45, 2.75) is 46.8 Å². The first kappa shape index (κ1) is 18.8. The van der Waals surface area contributed by atoms with E-state index < -0.39 is 0 Å². The average Bonchev–Trinajstić information content (AvgIpc) is 2.61. The molecule has 2 aromatic carbocycles. The zero-order valence-corrected chi connectivity index (χ0v) is 15.5. The SMILES string of the molecule is CCOc1ccc(C(=O)N[C@H](C)CC)cc1COc1cccc(C)c1. The van der Waals surface area contributed by atoms with Crippen LogP contribution in [0.4, 0.5) is 0 Å². The van der Waals surface area contributed by atoms with Gasteiger partial charge >= 0.3 is 0 Å². The number of ether oxygens (including phenoxy) is 2. The van der Waals surface area contributed by atoms with Gasteiger partial charge in [-0.15, -0.1) is 0 Å². The molecule has 0 unspecified atom stereocenters. The van der Waals surface area contributed by atoms with Crippen LogP contribution in [0.5, 0.6) is 11.5 Å². The number of hydrogen-bond donors (Lipinski definition) is 1. The molecule has 0 heterocycles. The standard InChI is InChI=1S/C21H27NO3/c1-5-16(4)22-21(23)17-10-11-20(24-6-2)18(13-17)14-25-19-9-7-8-15(3)12-19/h7-13,16H,5-6,14H2,1-4H3,(H,22,23)/t16-/m1/s1. The molecule has 1 N–H and O–H groups in total. The van der Waals surface area contributed by atoms with Crippen LogP contribution < -0.4 is 14.8 Å². The van der Waals surface area contributed by atoms with E-state index in [4.69, 9.17) is 9.47 Å². The Hall–Kier alpha value is -2.49. The zero-order valence-electron chi connectivity index (χ0n) is 15.5. The maximum Gasteiger partial charge on any atom is 0.251 e. The van der Waals surface area contributed by atoms with Gasteiger partial charge in [-0.25, -0.2) is 0 Å². The van der Waals surface area contributed by atoms with Crippen molar-refractivity contribution in [1.29, 1.82) is 0 Å². The minimum absolute atomic E-state index is 0.0748. The summed E-state index contributed by atoms with van der Waals surface area (Å²) in [5.41, 5.74) is 2.62. The van der Waals surface area contributed by atoms with E-state index in [-0.39, 0.29) is 11.9 Å². The molecule has 0 aliphatic rings. The molecule has 0 spiro atoms. The average molecular weight is 341 g/mol. The fourth-order valence-electron chi connectivity index (χ4n) is 2.41. The zero-order chi connectivity index (χ0) is 18.2. The van der Waals surface area contributed by atoms with Crippen molar-refractivity contribution in [1.82, 2.24) is 5.32 Å². The Labute approximate surface area is 150 Å². The smallest absolute Gasteiger partial charge is 0.251 e. The number of carbonyl (C=O) groups excluding carboxylic acids is 1. The van der Waals surface area contributed by atoms with Crippen molar-refractivity contribution in [2.24, 2.45) is 0 Å². The summed E-state index contributed by atoms with van der Waals surface area (Å²) in [6.07, 6.45) is 0.895. The van der Waals surface area contributed by atoms with Gasteiger partial charge in [0.1, 0.15) is 18.1 Å². The van der Waals surface area contributed by atoms with E-state index in [1.165, 1.54) is 0 Å². The van der Waals surface area contributed by atoms with Gasteiger partial charge in [0.05, 0.1) is 6.61 Å². The summed E-state index contributed by atoms with van der Waals surface area (Å²) in [4.78, 5) is 12.4. The van der Waals surface area contributed by atoms with Gasteiger partial charge < -0.3 is 14.8 Å². The maximum absolute atomic E-state index is 12.4. The fourth-order valence-corrected chi connectivity index (χ4v) is 2.41. The normalized spacial score (nSPS) is 11.7. The van der Waals surface area contributed by atoms with Crippen LogP contribution in [0.2, 0.25) is 0 Å². The number of amides is 1. The lowest BCUT2D eigenvalue weighted by molar-refractivity contribution is 0.0939. The van der Waals surface area contributed by atoms with Crippen LogP contribution in [0.1, 0.15) is 48.7 Å². The lowest BCUT2D eigenvalue weighted by Crippen LogP contribution is -2.32. The Kier molecular flexibility index (Phi) is 6.87. The molecule has 0 aromatic heterocycles. The fraction of sp³-hybridized carbons (Fsp3) is 0.381. The van der Waals surface area contributed by atoms with Crippen LogP contribution in [0.25, 0.3) is 0 Å². The van der Waals surface area contributed by atoms with Gasteiger partial charge in [-0.2, -0.15) is 0 Å². The molecule has 0 aliphatic carbocycles. The summed E-state index contributed by atoms with van der Waals surface area (Å²) in [5, 5.41) is 2.99. The van der Waals surface area contributed by atoms with Gasteiger partial charge in [0.25, 0.3) is 5.91 Å². The lowest BCUT2D eigenvalue weighted by atomic mass is 10.1. The number of rotatable bonds is 8. The van der Waals surface area contributed by atoms with Gasteiger partial charge in [-0.1, -0.05) is 19.1 Å². The van der Waals surface area contributed by atoms with E-state index in [9.17, 15) is 4.79 Å².